The minimum atomic E-state index is -0.308. The number of benzene rings is 2. The first kappa shape index (κ1) is 21.9. The molecular weight excluding hydrogens is 440 g/mol. The molecule has 0 radical (unpaired) electrons. The molecule has 32 heavy (non-hydrogen) atoms. The zero-order valence-electron chi connectivity index (χ0n) is 17.7. The van der Waals surface area contributed by atoms with Crippen molar-refractivity contribution in [2.45, 2.75) is 26.3 Å². The lowest BCUT2D eigenvalue weighted by atomic mass is 10.0. The van der Waals surface area contributed by atoms with Gasteiger partial charge in [-0.25, -0.2) is 4.98 Å². The van der Waals surface area contributed by atoms with Crippen LogP contribution >= 0.6 is 23.6 Å². The number of allylic oxidation sites excluding steroid dienone is 1. The number of aromatic nitrogens is 3. The fraction of sp³-hybridized carbons (Fsp3) is 0.167. The molecule has 0 fully saturated rings. The molecule has 0 aliphatic carbocycles. The van der Waals surface area contributed by atoms with Gasteiger partial charge in [0, 0.05) is 23.1 Å². The summed E-state index contributed by atoms with van der Waals surface area (Å²) in [7, 11) is 0. The van der Waals surface area contributed by atoms with Crippen LogP contribution in [-0.2, 0) is 6.54 Å². The molecule has 2 N–H and O–H groups in total. The summed E-state index contributed by atoms with van der Waals surface area (Å²) in [5.41, 5.74) is 3.78. The number of carbonyl (C=O) groups is 1. The van der Waals surface area contributed by atoms with Crippen LogP contribution in [0.1, 0.15) is 35.7 Å². The first-order chi connectivity index (χ1) is 15.4. The van der Waals surface area contributed by atoms with Gasteiger partial charge in [-0.3, -0.25) is 19.5 Å². The predicted octanol–water partition coefficient (Wildman–Crippen LogP) is 5.74. The highest BCUT2D eigenvalue weighted by Gasteiger charge is 2.13. The lowest BCUT2D eigenvalue weighted by Crippen LogP contribution is -2.22. The van der Waals surface area contributed by atoms with Gasteiger partial charge in [0.1, 0.15) is 0 Å². The summed E-state index contributed by atoms with van der Waals surface area (Å²) in [4.78, 5) is 33.0. The van der Waals surface area contributed by atoms with Crippen molar-refractivity contribution >= 4 is 45.5 Å². The van der Waals surface area contributed by atoms with Crippen LogP contribution in [0.4, 0.5) is 5.13 Å². The highest BCUT2D eigenvalue weighted by molar-refractivity contribution is 7.71. The number of nitrogens with zero attached hydrogens (tertiary/aromatic N) is 2. The molecule has 8 heteroatoms. The molecule has 0 spiro atoms. The van der Waals surface area contributed by atoms with Gasteiger partial charge in [-0.15, -0.1) is 17.9 Å². The van der Waals surface area contributed by atoms with E-state index in [0.717, 1.165) is 11.3 Å². The third-order valence-electron chi connectivity index (χ3n) is 5.15. The molecule has 0 aliphatic rings. The fourth-order valence-electron chi connectivity index (χ4n) is 3.36. The number of aromatic amines is 1. The maximum Gasteiger partial charge on any atom is 0.262 e. The summed E-state index contributed by atoms with van der Waals surface area (Å²) < 4.78 is 1.71. The topological polar surface area (TPSA) is 79.8 Å². The number of H-pyrrole nitrogens is 1. The third-order valence-corrected chi connectivity index (χ3v) is 6.23. The monoisotopic (exact) mass is 462 g/mol. The molecule has 162 valence electrons. The van der Waals surface area contributed by atoms with E-state index >= 15 is 0 Å². The third kappa shape index (κ3) is 4.32. The Bertz CT molecular complexity index is 1430. The van der Waals surface area contributed by atoms with E-state index in [0.29, 0.717) is 34.1 Å². The highest BCUT2D eigenvalue weighted by atomic mass is 32.1. The van der Waals surface area contributed by atoms with Crippen molar-refractivity contribution in [2.75, 3.05) is 5.32 Å². The lowest BCUT2D eigenvalue weighted by Gasteiger charge is -2.07. The van der Waals surface area contributed by atoms with Gasteiger partial charge in [0.2, 0.25) is 0 Å². The van der Waals surface area contributed by atoms with E-state index in [9.17, 15) is 9.59 Å². The van der Waals surface area contributed by atoms with Crippen molar-refractivity contribution in [3.05, 3.63) is 86.8 Å². The van der Waals surface area contributed by atoms with Crippen LogP contribution in [0.2, 0.25) is 0 Å². The van der Waals surface area contributed by atoms with Crippen LogP contribution in [-0.4, -0.2) is 20.4 Å². The maximum absolute atomic E-state index is 12.8. The number of hydrogen-bond acceptors (Lipinski definition) is 5. The van der Waals surface area contributed by atoms with E-state index in [-0.39, 0.29) is 16.2 Å². The molecule has 4 rings (SSSR count). The maximum atomic E-state index is 12.8. The zero-order valence-corrected chi connectivity index (χ0v) is 19.3. The molecule has 2 aromatic heterocycles. The standard InChI is InChI=1S/C24H22N4O2S2/c1-4-11-28-22(30)18-10-9-17(12-19(18)26-24(28)31)21(29)27-23-25-20(13-32-23)16-7-5-15(6-8-16)14(2)3/h4-10,12-14H,1,11H2,2-3H3,(H,26,31)(H,25,27,29). The van der Waals surface area contributed by atoms with E-state index in [1.165, 1.54) is 21.5 Å². The van der Waals surface area contributed by atoms with E-state index < -0.39 is 0 Å². The molecule has 4 aromatic rings. The normalized spacial score (nSPS) is 11.1. The molecule has 0 saturated carbocycles. The molecule has 0 saturated heterocycles. The molecule has 0 atom stereocenters. The van der Waals surface area contributed by atoms with Crippen molar-refractivity contribution in [3.8, 4) is 11.3 Å². The molecule has 0 aliphatic heterocycles. The Morgan fingerprint density at radius 2 is 2.03 bits per heavy atom. The van der Waals surface area contributed by atoms with Gasteiger partial charge < -0.3 is 4.98 Å². The van der Waals surface area contributed by atoms with Gasteiger partial charge in [-0.1, -0.05) is 44.2 Å². The van der Waals surface area contributed by atoms with E-state index in [2.05, 4.69) is 47.8 Å². The molecule has 1 amide bonds. The average Bonchev–Trinajstić information content (AvgIpc) is 3.24. The van der Waals surface area contributed by atoms with Crippen LogP contribution in [0.25, 0.3) is 22.2 Å². The van der Waals surface area contributed by atoms with Crippen molar-refractivity contribution in [1.82, 2.24) is 14.5 Å². The number of carbonyl (C=O) groups excluding carboxylic acids is 1. The van der Waals surface area contributed by atoms with E-state index in [1.807, 2.05) is 17.5 Å². The Kier molecular flexibility index (Phi) is 6.16. The van der Waals surface area contributed by atoms with Gasteiger partial charge in [0.25, 0.3) is 11.5 Å². The SMILES string of the molecule is C=CCn1c(=S)[nH]c2cc(C(=O)Nc3nc(-c4ccc(C(C)C)cc4)cs3)ccc2c1=O. The Labute approximate surface area is 194 Å². The first-order valence-electron chi connectivity index (χ1n) is 10.1. The van der Waals surface area contributed by atoms with Crippen molar-refractivity contribution in [2.24, 2.45) is 0 Å². The highest BCUT2D eigenvalue weighted by Crippen LogP contribution is 2.27. The second kappa shape index (κ2) is 9.02. The van der Waals surface area contributed by atoms with Gasteiger partial charge in [-0.2, -0.15) is 0 Å². The lowest BCUT2D eigenvalue weighted by molar-refractivity contribution is 0.102. The summed E-state index contributed by atoms with van der Waals surface area (Å²) in [5.74, 6) is 0.160. The number of nitrogens with one attached hydrogen (secondary N) is 2. The Balaban J connectivity index is 1.56. The Hall–Kier alpha value is -3.36. The minimum Gasteiger partial charge on any atom is -0.332 e. The summed E-state index contributed by atoms with van der Waals surface area (Å²) in [6.45, 7) is 8.28. The van der Waals surface area contributed by atoms with Gasteiger partial charge in [0.05, 0.1) is 16.6 Å². The van der Waals surface area contributed by atoms with Crippen LogP contribution in [0.5, 0.6) is 0 Å². The zero-order chi connectivity index (χ0) is 22.8. The number of hydrogen-bond donors (Lipinski definition) is 2. The number of fused-ring (bicyclic) bond motifs is 1. The molecular formula is C24H22N4O2S2. The van der Waals surface area contributed by atoms with Crippen molar-refractivity contribution in [3.63, 3.8) is 0 Å². The minimum absolute atomic E-state index is 0.219. The molecule has 0 unspecified atom stereocenters. The van der Waals surface area contributed by atoms with Gasteiger partial charge >= 0.3 is 0 Å². The van der Waals surface area contributed by atoms with Crippen molar-refractivity contribution in [1.29, 1.82) is 0 Å². The Morgan fingerprint density at radius 3 is 2.72 bits per heavy atom. The molecule has 2 heterocycles. The number of thiazole rings is 1. The van der Waals surface area contributed by atoms with Crippen LogP contribution in [0.3, 0.4) is 0 Å². The van der Waals surface area contributed by atoms with Crippen LogP contribution in [0.15, 0.2) is 65.3 Å². The summed E-state index contributed by atoms with van der Waals surface area (Å²) in [6, 6.07) is 13.1. The Morgan fingerprint density at radius 1 is 1.28 bits per heavy atom. The van der Waals surface area contributed by atoms with Gasteiger partial charge in [0.15, 0.2) is 9.90 Å². The first-order valence-corrected chi connectivity index (χ1v) is 11.4. The summed E-state index contributed by atoms with van der Waals surface area (Å²) >= 11 is 6.63. The molecule has 0 bridgehead atoms. The summed E-state index contributed by atoms with van der Waals surface area (Å²) in [5, 5.41) is 5.72. The van der Waals surface area contributed by atoms with Crippen LogP contribution < -0.4 is 10.9 Å². The number of rotatable bonds is 6. The average molecular weight is 463 g/mol. The molecule has 6 nitrogen and oxygen atoms in total. The van der Waals surface area contributed by atoms with Crippen molar-refractivity contribution < 1.29 is 4.79 Å². The number of anilines is 1. The van der Waals surface area contributed by atoms with E-state index in [4.69, 9.17) is 12.2 Å². The quantitative estimate of drug-likeness (QED) is 0.283. The second-order valence-electron chi connectivity index (χ2n) is 7.66. The largest absolute Gasteiger partial charge is 0.332 e. The van der Waals surface area contributed by atoms with Crippen LogP contribution in [0, 0.1) is 4.77 Å². The second-order valence-corrected chi connectivity index (χ2v) is 8.91. The molecule has 2 aromatic carbocycles. The van der Waals surface area contributed by atoms with E-state index in [1.54, 1.807) is 24.3 Å². The number of amides is 1. The predicted molar refractivity (Wildman–Crippen MR) is 133 cm³/mol. The van der Waals surface area contributed by atoms with Gasteiger partial charge in [-0.05, 0) is 41.9 Å². The summed E-state index contributed by atoms with van der Waals surface area (Å²) in [6.07, 6.45) is 1.61. The smallest absolute Gasteiger partial charge is 0.262 e. The fourth-order valence-corrected chi connectivity index (χ4v) is 4.34.